The predicted molar refractivity (Wildman–Crippen MR) is 103 cm³/mol. The first kappa shape index (κ1) is 18.5. The van der Waals surface area contributed by atoms with Crippen molar-refractivity contribution in [1.82, 2.24) is 5.32 Å². The number of hydrogen-bond acceptors (Lipinski definition) is 2. The van der Waals surface area contributed by atoms with Crippen LogP contribution in [0.25, 0.3) is 0 Å². The third kappa shape index (κ3) is 5.33. The van der Waals surface area contributed by atoms with Crippen molar-refractivity contribution in [3.63, 3.8) is 0 Å². The van der Waals surface area contributed by atoms with E-state index in [1.165, 1.54) is 42.6 Å². The molecule has 0 spiro atoms. The van der Waals surface area contributed by atoms with Gasteiger partial charge in [0.05, 0.1) is 13.1 Å². The fourth-order valence-corrected chi connectivity index (χ4v) is 3.44. The summed E-state index contributed by atoms with van der Waals surface area (Å²) in [7, 11) is 0. The first-order valence-corrected chi connectivity index (χ1v) is 9.63. The van der Waals surface area contributed by atoms with Gasteiger partial charge < -0.3 is 15.0 Å². The summed E-state index contributed by atoms with van der Waals surface area (Å²) in [5.74, 6) is 0.642. The Bertz CT molecular complexity index is 706. The van der Waals surface area contributed by atoms with E-state index in [1.807, 2.05) is 30.3 Å². The van der Waals surface area contributed by atoms with E-state index in [1.54, 1.807) is 4.90 Å². The molecule has 1 fully saturated rings. The average Bonchev–Trinajstić information content (AvgIpc) is 3.19. The number of likely N-dealkylation sites (tertiary alicyclic amines) is 1. The van der Waals surface area contributed by atoms with Crippen LogP contribution in [0.2, 0.25) is 0 Å². The van der Waals surface area contributed by atoms with Gasteiger partial charge in [-0.1, -0.05) is 43.3 Å². The number of carbonyl (C=O) groups is 1. The van der Waals surface area contributed by atoms with Crippen molar-refractivity contribution < 1.29 is 14.4 Å². The van der Waals surface area contributed by atoms with Crippen LogP contribution in [0.1, 0.15) is 36.5 Å². The molecule has 2 N–H and O–H groups in total. The van der Waals surface area contributed by atoms with Gasteiger partial charge in [-0.25, -0.2) is 0 Å². The van der Waals surface area contributed by atoms with Gasteiger partial charge in [0, 0.05) is 24.9 Å². The zero-order valence-electron chi connectivity index (χ0n) is 15.6. The first-order chi connectivity index (χ1) is 12.7. The molecule has 1 amide bonds. The van der Waals surface area contributed by atoms with Crippen LogP contribution < -0.4 is 15.0 Å². The molecular formula is C22H29N2O2+. The van der Waals surface area contributed by atoms with Gasteiger partial charge in [0.1, 0.15) is 12.3 Å². The molecule has 0 saturated carbocycles. The van der Waals surface area contributed by atoms with Gasteiger partial charge in [-0.2, -0.15) is 0 Å². The molecule has 0 aliphatic carbocycles. The standard InChI is InChI=1S/C22H28N2O2/c1-2-18-9-11-21(12-10-18)26-17-22(25)23-15-19-7-3-4-8-20(19)16-24-13-5-6-14-24/h3-4,7-12H,2,5-6,13-17H2,1H3,(H,23,25)/p+1. The normalized spacial score (nSPS) is 14.3. The van der Waals surface area contributed by atoms with Gasteiger partial charge in [-0.3, -0.25) is 4.79 Å². The number of quaternary nitrogens is 1. The SMILES string of the molecule is CCc1ccc(OCC(=O)NCc2ccccc2C[NH+]2CCCC2)cc1. The van der Waals surface area contributed by atoms with Crippen LogP contribution in [0, 0.1) is 0 Å². The lowest BCUT2D eigenvalue weighted by atomic mass is 10.1. The van der Waals surface area contributed by atoms with E-state index in [0.717, 1.165) is 18.7 Å². The molecule has 0 bridgehead atoms. The quantitative estimate of drug-likeness (QED) is 0.763. The summed E-state index contributed by atoms with van der Waals surface area (Å²) in [5.41, 5.74) is 3.80. The average molecular weight is 353 g/mol. The Morgan fingerprint density at radius 2 is 1.73 bits per heavy atom. The number of benzene rings is 2. The fraction of sp³-hybridized carbons (Fsp3) is 0.409. The molecule has 1 aliphatic rings. The zero-order chi connectivity index (χ0) is 18.2. The van der Waals surface area contributed by atoms with Crippen molar-refractivity contribution in [2.45, 2.75) is 39.3 Å². The van der Waals surface area contributed by atoms with E-state index in [0.29, 0.717) is 6.54 Å². The fourth-order valence-electron chi connectivity index (χ4n) is 3.44. The van der Waals surface area contributed by atoms with E-state index in [4.69, 9.17) is 4.74 Å². The molecule has 138 valence electrons. The van der Waals surface area contributed by atoms with Crippen LogP contribution in [-0.4, -0.2) is 25.6 Å². The minimum atomic E-state index is -0.0899. The predicted octanol–water partition coefficient (Wildman–Crippen LogP) is 2.12. The molecule has 0 aromatic heterocycles. The second kappa shape index (κ2) is 9.39. The van der Waals surface area contributed by atoms with Crippen LogP contribution in [0.4, 0.5) is 0 Å². The number of ether oxygens (including phenoxy) is 1. The Morgan fingerprint density at radius 1 is 1.04 bits per heavy atom. The Morgan fingerprint density at radius 3 is 2.42 bits per heavy atom. The lowest BCUT2D eigenvalue weighted by Gasteiger charge is -2.15. The lowest BCUT2D eigenvalue weighted by molar-refractivity contribution is -0.901. The van der Waals surface area contributed by atoms with Crippen LogP contribution in [-0.2, 0) is 24.3 Å². The minimum absolute atomic E-state index is 0.0466. The van der Waals surface area contributed by atoms with E-state index >= 15 is 0 Å². The van der Waals surface area contributed by atoms with Crippen molar-refractivity contribution in [3.8, 4) is 5.75 Å². The number of carbonyl (C=O) groups excluding carboxylic acids is 1. The second-order valence-corrected chi connectivity index (χ2v) is 6.97. The van der Waals surface area contributed by atoms with E-state index in [2.05, 4.69) is 30.4 Å². The third-order valence-corrected chi connectivity index (χ3v) is 5.05. The van der Waals surface area contributed by atoms with Gasteiger partial charge in [0.2, 0.25) is 0 Å². The molecule has 0 radical (unpaired) electrons. The Labute approximate surface area is 156 Å². The minimum Gasteiger partial charge on any atom is -0.484 e. The number of nitrogens with one attached hydrogen (secondary N) is 2. The number of hydrogen-bond donors (Lipinski definition) is 2. The highest BCUT2D eigenvalue weighted by Crippen LogP contribution is 2.12. The highest BCUT2D eigenvalue weighted by Gasteiger charge is 2.17. The van der Waals surface area contributed by atoms with Crippen LogP contribution in [0.15, 0.2) is 48.5 Å². The molecule has 1 saturated heterocycles. The highest BCUT2D eigenvalue weighted by atomic mass is 16.5. The largest absolute Gasteiger partial charge is 0.484 e. The smallest absolute Gasteiger partial charge is 0.258 e. The van der Waals surface area contributed by atoms with Gasteiger partial charge in [0.15, 0.2) is 6.61 Å². The zero-order valence-corrected chi connectivity index (χ0v) is 15.6. The molecule has 4 heteroatoms. The van der Waals surface area contributed by atoms with Gasteiger partial charge in [-0.15, -0.1) is 0 Å². The van der Waals surface area contributed by atoms with Crippen LogP contribution >= 0.6 is 0 Å². The molecule has 26 heavy (non-hydrogen) atoms. The van der Waals surface area contributed by atoms with Gasteiger partial charge in [-0.05, 0) is 29.7 Å². The van der Waals surface area contributed by atoms with Gasteiger partial charge >= 0.3 is 0 Å². The summed E-state index contributed by atoms with van der Waals surface area (Å²) in [6, 6.07) is 16.3. The second-order valence-electron chi connectivity index (χ2n) is 6.97. The Balaban J connectivity index is 1.47. The van der Waals surface area contributed by atoms with Gasteiger partial charge in [0.25, 0.3) is 5.91 Å². The maximum absolute atomic E-state index is 12.1. The molecule has 0 atom stereocenters. The molecule has 1 aliphatic heterocycles. The monoisotopic (exact) mass is 353 g/mol. The summed E-state index contributed by atoms with van der Waals surface area (Å²) < 4.78 is 5.58. The van der Waals surface area contributed by atoms with Crippen LogP contribution in [0.3, 0.4) is 0 Å². The molecule has 1 heterocycles. The molecule has 4 nitrogen and oxygen atoms in total. The van der Waals surface area contributed by atoms with Crippen molar-refractivity contribution in [1.29, 1.82) is 0 Å². The Hall–Kier alpha value is -2.33. The van der Waals surface area contributed by atoms with Crippen LogP contribution in [0.5, 0.6) is 5.75 Å². The van der Waals surface area contributed by atoms with E-state index in [-0.39, 0.29) is 12.5 Å². The molecule has 2 aromatic rings. The maximum Gasteiger partial charge on any atom is 0.258 e. The third-order valence-electron chi connectivity index (χ3n) is 5.05. The number of aryl methyl sites for hydroxylation is 1. The summed E-state index contributed by atoms with van der Waals surface area (Å²) in [4.78, 5) is 13.8. The Kier molecular flexibility index (Phi) is 6.67. The summed E-state index contributed by atoms with van der Waals surface area (Å²) in [5, 5.41) is 2.98. The van der Waals surface area contributed by atoms with Crippen molar-refractivity contribution in [2.75, 3.05) is 19.7 Å². The van der Waals surface area contributed by atoms with E-state index in [9.17, 15) is 4.79 Å². The van der Waals surface area contributed by atoms with Crippen molar-refractivity contribution in [3.05, 3.63) is 65.2 Å². The number of amides is 1. The van der Waals surface area contributed by atoms with Crippen molar-refractivity contribution in [2.24, 2.45) is 0 Å². The molecule has 0 unspecified atom stereocenters. The maximum atomic E-state index is 12.1. The number of rotatable bonds is 8. The lowest BCUT2D eigenvalue weighted by Crippen LogP contribution is -3.08. The summed E-state index contributed by atoms with van der Waals surface area (Å²) in [6.45, 7) is 6.28. The first-order valence-electron chi connectivity index (χ1n) is 9.63. The topological polar surface area (TPSA) is 42.8 Å². The van der Waals surface area contributed by atoms with Crippen molar-refractivity contribution >= 4 is 5.91 Å². The highest BCUT2D eigenvalue weighted by molar-refractivity contribution is 5.77. The summed E-state index contributed by atoms with van der Waals surface area (Å²) >= 11 is 0. The molecule has 2 aromatic carbocycles. The summed E-state index contributed by atoms with van der Waals surface area (Å²) in [6.07, 6.45) is 3.65. The molecular weight excluding hydrogens is 324 g/mol. The van der Waals surface area contributed by atoms with E-state index < -0.39 is 0 Å². The molecule has 3 rings (SSSR count).